The lowest BCUT2D eigenvalue weighted by molar-refractivity contribution is -0.125. The molecule has 0 spiro atoms. The molecule has 1 saturated heterocycles. The molecule has 0 aliphatic carbocycles. The van der Waals surface area contributed by atoms with Crippen LogP contribution >= 0.6 is 0 Å². The monoisotopic (exact) mass is 311 g/mol. The van der Waals surface area contributed by atoms with Gasteiger partial charge in [0.1, 0.15) is 0 Å². The summed E-state index contributed by atoms with van der Waals surface area (Å²) in [6.07, 6.45) is 1.88. The maximum absolute atomic E-state index is 11.9. The molecule has 2 rings (SSSR count). The van der Waals surface area contributed by atoms with E-state index in [1.807, 2.05) is 0 Å². The molecule has 1 aliphatic heterocycles. The molecule has 1 heterocycles. The number of carbonyl (C=O) groups is 1. The van der Waals surface area contributed by atoms with Crippen molar-refractivity contribution in [2.45, 2.75) is 17.7 Å². The van der Waals surface area contributed by atoms with Crippen LogP contribution in [-0.2, 0) is 14.8 Å². The summed E-state index contributed by atoms with van der Waals surface area (Å²) in [6.45, 7) is 2.13. The normalized spacial score (nSPS) is 19.1. The van der Waals surface area contributed by atoms with Crippen molar-refractivity contribution in [1.82, 2.24) is 15.4 Å². The quantitative estimate of drug-likeness (QED) is 0.649. The maximum atomic E-state index is 11.9. The van der Waals surface area contributed by atoms with E-state index in [0.717, 1.165) is 19.4 Å². The van der Waals surface area contributed by atoms with Crippen LogP contribution in [0, 0.1) is 5.92 Å². The summed E-state index contributed by atoms with van der Waals surface area (Å²) in [7, 11) is -3.50. The average Bonchev–Trinajstić information content (AvgIpc) is 2.53. The molecule has 21 heavy (non-hydrogen) atoms. The molecule has 116 valence electrons. The van der Waals surface area contributed by atoms with Crippen molar-refractivity contribution in [3.63, 3.8) is 0 Å². The number of carbonyl (C=O) groups excluding carboxylic acids is 1. The summed E-state index contributed by atoms with van der Waals surface area (Å²) in [5.74, 6) is -0.0226. The van der Waals surface area contributed by atoms with Crippen LogP contribution in [0.25, 0.3) is 0 Å². The van der Waals surface area contributed by atoms with Crippen molar-refractivity contribution < 1.29 is 13.2 Å². The Kier molecular flexibility index (Phi) is 5.72. The van der Waals surface area contributed by atoms with E-state index in [4.69, 9.17) is 0 Å². The van der Waals surface area contributed by atoms with Gasteiger partial charge in [0.15, 0.2) is 0 Å². The molecule has 3 N–H and O–H groups in total. The first-order chi connectivity index (χ1) is 10.1. The van der Waals surface area contributed by atoms with Gasteiger partial charge in [0, 0.05) is 19.6 Å². The van der Waals surface area contributed by atoms with Gasteiger partial charge >= 0.3 is 0 Å². The molecule has 1 unspecified atom stereocenters. The number of hydrogen-bond acceptors (Lipinski definition) is 4. The van der Waals surface area contributed by atoms with E-state index < -0.39 is 10.0 Å². The molecule has 0 radical (unpaired) electrons. The van der Waals surface area contributed by atoms with Crippen LogP contribution in [0.2, 0.25) is 0 Å². The fourth-order valence-corrected chi connectivity index (χ4v) is 3.33. The minimum Gasteiger partial charge on any atom is -0.355 e. The van der Waals surface area contributed by atoms with Crippen LogP contribution in [0.1, 0.15) is 12.8 Å². The first kappa shape index (κ1) is 15.9. The predicted octanol–water partition coefficient (Wildman–Crippen LogP) is 0.0807. The molecule has 1 aromatic carbocycles. The van der Waals surface area contributed by atoms with Crippen LogP contribution < -0.4 is 15.4 Å². The predicted molar refractivity (Wildman–Crippen MR) is 80.2 cm³/mol. The molecule has 1 amide bonds. The summed E-state index contributed by atoms with van der Waals surface area (Å²) in [4.78, 5) is 12.1. The second-order valence-electron chi connectivity index (χ2n) is 5.05. The largest absolute Gasteiger partial charge is 0.355 e. The summed E-state index contributed by atoms with van der Waals surface area (Å²) >= 11 is 0. The summed E-state index contributed by atoms with van der Waals surface area (Å²) in [6, 6.07) is 8.18. The van der Waals surface area contributed by atoms with Crippen LogP contribution in [0.3, 0.4) is 0 Å². The van der Waals surface area contributed by atoms with Gasteiger partial charge in [-0.25, -0.2) is 13.1 Å². The first-order valence-corrected chi connectivity index (χ1v) is 8.61. The fraction of sp³-hybridized carbons (Fsp3) is 0.500. The standard InChI is InChI=1S/C14H21N3O3S/c18-14(12-5-4-8-15-11-12)16-9-10-17-21(19,20)13-6-2-1-3-7-13/h1-3,6-7,12,15,17H,4-5,8-11H2,(H,16,18). The molecular weight excluding hydrogens is 290 g/mol. The lowest BCUT2D eigenvalue weighted by Gasteiger charge is -2.21. The Morgan fingerprint density at radius 2 is 2.00 bits per heavy atom. The molecule has 1 fully saturated rings. The average molecular weight is 311 g/mol. The van der Waals surface area contributed by atoms with Gasteiger partial charge in [-0.1, -0.05) is 18.2 Å². The van der Waals surface area contributed by atoms with E-state index in [1.165, 1.54) is 12.1 Å². The van der Waals surface area contributed by atoms with Gasteiger partial charge in [-0.05, 0) is 31.5 Å². The third-order valence-corrected chi connectivity index (χ3v) is 4.91. The third kappa shape index (κ3) is 4.80. The zero-order valence-electron chi connectivity index (χ0n) is 11.8. The number of amides is 1. The highest BCUT2D eigenvalue weighted by Crippen LogP contribution is 2.09. The molecule has 1 aromatic rings. The molecular formula is C14H21N3O3S. The fourth-order valence-electron chi connectivity index (χ4n) is 2.27. The zero-order chi connectivity index (χ0) is 15.1. The number of hydrogen-bond donors (Lipinski definition) is 3. The lowest BCUT2D eigenvalue weighted by atomic mass is 9.99. The molecule has 6 nitrogen and oxygen atoms in total. The highest BCUT2D eigenvalue weighted by Gasteiger charge is 2.20. The summed E-state index contributed by atoms with van der Waals surface area (Å²) in [5.41, 5.74) is 0. The molecule has 7 heteroatoms. The van der Waals surface area contributed by atoms with Gasteiger partial charge in [-0.15, -0.1) is 0 Å². The van der Waals surface area contributed by atoms with Crippen molar-refractivity contribution in [2.75, 3.05) is 26.2 Å². The second kappa shape index (κ2) is 7.53. The van der Waals surface area contributed by atoms with Gasteiger partial charge in [-0.2, -0.15) is 0 Å². The summed E-state index contributed by atoms with van der Waals surface area (Å²) in [5, 5.41) is 5.95. The minimum absolute atomic E-state index is 0.00974. The van der Waals surface area contributed by atoms with Crippen LogP contribution in [0.15, 0.2) is 35.2 Å². The highest BCUT2D eigenvalue weighted by atomic mass is 32.2. The number of rotatable bonds is 6. The Hall–Kier alpha value is -1.44. The van der Waals surface area contributed by atoms with E-state index >= 15 is 0 Å². The van der Waals surface area contributed by atoms with Crippen molar-refractivity contribution in [2.24, 2.45) is 5.92 Å². The van der Waals surface area contributed by atoms with E-state index in [2.05, 4.69) is 15.4 Å². The molecule has 0 aromatic heterocycles. The van der Waals surface area contributed by atoms with Gasteiger partial charge in [-0.3, -0.25) is 4.79 Å². The highest BCUT2D eigenvalue weighted by molar-refractivity contribution is 7.89. The third-order valence-electron chi connectivity index (χ3n) is 3.44. The van der Waals surface area contributed by atoms with Crippen molar-refractivity contribution >= 4 is 15.9 Å². The maximum Gasteiger partial charge on any atom is 0.240 e. The first-order valence-electron chi connectivity index (χ1n) is 7.13. The summed E-state index contributed by atoms with van der Waals surface area (Å²) < 4.78 is 26.4. The number of piperidine rings is 1. The van der Waals surface area contributed by atoms with Crippen molar-refractivity contribution in [1.29, 1.82) is 0 Å². The van der Waals surface area contributed by atoms with Gasteiger partial charge in [0.2, 0.25) is 15.9 Å². The second-order valence-corrected chi connectivity index (χ2v) is 6.81. The van der Waals surface area contributed by atoms with E-state index in [0.29, 0.717) is 13.1 Å². The van der Waals surface area contributed by atoms with Gasteiger partial charge in [0.05, 0.1) is 10.8 Å². The SMILES string of the molecule is O=C(NCCNS(=O)(=O)c1ccccc1)C1CCCNC1. The van der Waals surface area contributed by atoms with Gasteiger partial charge < -0.3 is 10.6 Å². The molecule has 1 atom stereocenters. The van der Waals surface area contributed by atoms with Crippen molar-refractivity contribution in [3.05, 3.63) is 30.3 Å². The van der Waals surface area contributed by atoms with E-state index in [-0.39, 0.29) is 23.3 Å². The smallest absolute Gasteiger partial charge is 0.240 e. The Morgan fingerprint density at radius 3 is 2.67 bits per heavy atom. The molecule has 1 aliphatic rings. The molecule has 0 saturated carbocycles. The Bertz CT molecular complexity index is 554. The van der Waals surface area contributed by atoms with Crippen molar-refractivity contribution in [3.8, 4) is 0 Å². The van der Waals surface area contributed by atoms with Crippen LogP contribution in [-0.4, -0.2) is 40.5 Å². The zero-order valence-corrected chi connectivity index (χ0v) is 12.7. The number of nitrogens with one attached hydrogen (secondary N) is 3. The van der Waals surface area contributed by atoms with E-state index in [9.17, 15) is 13.2 Å². The van der Waals surface area contributed by atoms with Crippen LogP contribution in [0.4, 0.5) is 0 Å². The number of sulfonamides is 1. The minimum atomic E-state index is -3.50. The van der Waals surface area contributed by atoms with Gasteiger partial charge in [0.25, 0.3) is 0 Å². The molecule has 0 bridgehead atoms. The number of benzene rings is 1. The topological polar surface area (TPSA) is 87.3 Å². The van der Waals surface area contributed by atoms with E-state index in [1.54, 1.807) is 18.2 Å². The Labute approximate surface area is 125 Å². The van der Waals surface area contributed by atoms with Crippen LogP contribution in [0.5, 0.6) is 0 Å². The lowest BCUT2D eigenvalue weighted by Crippen LogP contribution is -2.42. The Balaban J connectivity index is 1.73. The Morgan fingerprint density at radius 1 is 1.24 bits per heavy atom.